The van der Waals surface area contributed by atoms with Gasteiger partial charge in [0, 0.05) is 16.8 Å². The van der Waals surface area contributed by atoms with Crippen molar-refractivity contribution in [1.82, 2.24) is 4.98 Å². The van der Waals surface area contributed by atoms with Gasteiger partial charge in [0.2, 0.25) is 0 Å². The maximum absolute atomic E-state index is 9.31. The lowest BCUT2D eigenvalue weighted by Crippen LogP contribution is -1.90. The van der Waals surface area contributed by atoms with E-state index < -0.39 is 0 Å². The smallest absolute Gasteiger partial charge is 0.123 e. The quantitative estimate of drug-likeness (QED) is 0.799. The summed E-state index contributed by atoms with van der Waals surface area (Å²) in [7, 11) is 0. The number of nitrogens with zero attached hydrogens (tertiary/aromatic N) is 1. The Kier molecular flexibility index (Phi) is 3.31. The number of hydrogen-bond donors (Lipinski definition) is 2. The minimum atomic E-state index is 0.291. The summed E-state index contributed by atoms with van der Waals surface area (Å²) in [6.45, 7) is 0. The third kappa shape index (κ3) is 2.90. The Bertz CT molecular complexity index is 442. The Morgan fingerprint density at radius 2 is 2.12 bits per heavy atom. The Labute approximate surface area is 98.3 Å². The third-order valence-electron chi connectivity index (χ3n) is 2.07. The van der Waals surface area contributed by atoms with Gasteiger partial charge < -0.3 is 10.8 Å². The highest BCUT2D eigenvalue weighted by Gasteiger charge is 1.98. The molecular formula is C12H12N2OS. The molecule has 0 unspecified atom stereocenters. The van der Waals surface area contributed by atoms with Gasteiger partial charge in [-0.2, -0.15) is 0 Å². The topological polar surface area (TPSA) is 59.1 Å². The standard InChI is InChI=1S/C12H12N2OS/c13-12-6-9(4-5-14-12)8-16-11-3-1-2-10(15)7-11/h1-7,15H,8H2,(H2,13,14). The van der Waals surface area contributed by atoms with Crippen LogP contribution in [0.3, 0.4) is 0 Å². The Morgan fingerprint density at radius 3 is 2.88 bits per heavy atom. The fourth-order valence-electron chi connectivity index (χ4n) is 1.32. The van der Waals surface area contributed by atoms with Crippen LogP contribution in [0.1, 0.15) is 5.56 Å². The summed E-state index contributed by atoms with van der Waals surface area (Å²) < 4.78 is 0. The predicted octanol–water partition coefficient (Wildman–Crippen LogP) is 2.66. The molecule has 0 aliphatic rings. The normalized spacial score (nSPS) is 10.2. The molecule has 0 saturated carbocycles. The van der Waals surface area contributed by atoms with Gasteiger partial charge in [-0.3, -0.25) is 0 Å². The van der Waals surface area contributed by atoms with Crippen molar-refractivity contribution >= 4 is 17.6 Å². The second-order valence-electron chi connectivity index (χ2n) is 3.37. The van der Waals surface area contributed by atoms with Gasteiger partial charge in [-0.1, -0.05) is 6.07 Å². The SMILES string of the molecule is Nc1cc(CSc2cccc(O)c2)ccn1. The summed E-state index contributed by atoms with van der Waals surface area (Å²) in [5.74, 6) is 1.64. The molecule has 16 heavy (non-hydrogen) atoms. The number of anilines is 1. The van der Waals surface area contributed by atoms with Crippen LogP contribution >= 0.6 is 11.8 Å². The Balaban J connectivity index is 2.02. The molecule has 0 atom stereocenters. The molecule has 0 aliphatic carbocycles. The molecule has 0 aliphatic heterocycles. The van der Waals surface area contributed by atoms with Crippen LogP contribution in [-0.4, -0.2) is 10.1 Å². The number of phenolic OH excluding ortho intramolecular Hbond substituents is 1. The van der Waals surface area contributed by atoms with Gasteiger partial charge in [0.25, 0.3) is 0 Å². The summed E-state index contributed by atoms with van der Waals surface area (Å²) in [5.41, 5.74) is 6.72. The van der Waals surface area contributed by atoms with Gasteiger partial charge in [-0.05, 0) is 35.9 Å². The fraction of sp³-hybridized carbons (Fsp3) is 0.0833. The van der Waals surface area contributed by atoms with Crippen molar-refractivity contribution in [3.8, 4) is 5.75 Å². The number of benzene rings is 1. The zero-order chi connectivity index (χ0) is 11.4. The van der Waals surface area contributed by atoms with Crippen LogP contribution in [0.5, 0.6) is 5.75 Å². The van der Waals surface area contributed by atoms with Crippen molar-refractivity contribution in [2.75, 3.05) is 5.73 Å². The largest absolute Gasteiger partial charge is 0.508 e. The number of nitrogen functional groups attached to an aromatic ring is 1. The van der Waals surface area contributed by atoms with Crippen molar-refractivity contribution in [1.29, 1.82) is 0 Å². The van der Waals surface area contributed by atoms with Gasteiger partial charge in [0.15, 0.2) is 0 Å². The van der Waals surface area contributed by atoms with E-state index in [9.17, 15) is 5.11 Å². The number of pyridine rings is 1. The molecule has 0 bridgehead atoms. The fourth-order valence-corrected chi connectivity index (χ4v) is 2.22. The molecule has 1 aromatic heterocycles. The van der Waals surface area contributed by atoms with Gasteiger partial charge in [-0.25, -0.2) is 4.98 Å². The highest BCUT2D eigenvalue weighted by atomic mass is 32.2. The Hall–Kier alpha value is -1.68. The van der Waals surface area contributed by atoms with Gasteiger partial charge in [-0.15, -0.1) is 11.8 Å². The number of thioether (sulfide) groups is 1. The maximum atomic E-state index is 9.31. The molecule has 4 heteroatoms. The van der Waals surface area contributed by atoms with Gasteiger partial charge >= 0.3 is 0 Å². The molecule has 0 saturated heterocycles. The lowest BCUT2D eigenvalue weighted by Gasteiger charge is -2.03. The molecule has 0 amide bonds. The minimum Gasteiger partial charge on any atom is -0.508 e. The van der Waals surface area contributed by atoms with E-state index in [0.717, 1.165) is 16.2 Å². The van der Waals surface area contributed by atoms with Crippen LogP contribution in [0.4, 0.5) is 5.82 Å². The summed E-state index contributed by atoms with van der Waals surface area (Å²) >= 11 is 1.65. The first-order valence-corrected chi connectivity index (χ1v) is 5.85. The van der Waals surface area contributed by atoms with Crippen LogP contribution in [0.25, 0.3) is 0 Å². The highest BCUT2D eigenvalue weighted by Crippen LogP contribution is 2.25. The van der Waals surface area contributed by atoms with E-state index in [4.69, 9.17) is 5.73 Å². The zero-order valence-electron chi connectivity index (χ0n) is 8.63. The van der Waals surface area contributed by atoms with Crippen molar-refractivity contribution in [3.05, 3.63) is 48.2 Å². The van der Waals surface area contributed by atoms with Crippen LogP contribution in [0.15, 0.2) is 47.5 Å². The molecule has 2 aromatic rings. The molecule has 0 fully saturated rings. The van der Waals surface area contributed by atoms with Crippen LogP contribution in [0.2, 0.25) is 0 Å². The lowest BCUT2D eigenvalue weighted by molar-refractivity contribution is 0.474. The molecule has 3 nitrogen and oxygen atoms in total. The molecule has 0 spiro atoms. The lowest BCUT2D eigenvalue weighted by atomic mass is 10.3. The number of aromatic hydroxyl groups is 1. The molecule has 82 valence electrons. The van der Waals surface area contributed by atoms with E-state index in [1.165, 1.54) is 0 Å². The maximum Gasteiger partial charge on any atom is 0.123 e. The van der Waals surface area contributed by atoms with Gasteiger partial charge in [0.05, 0.1) is 0 Å². The molecule has 0 radical (unpaired) electrons. The average molecular weight is 232 g/mol. The highest BCUT2D eigenvalue weighted by molar-refractivity contribution is 7.98. The summed E-state index contributed by atoms with van der Waals surface area (Å²) in [4.78, 5) is 4.97. The number of rotatable bonds is 3. The van der Waals surface area contributed by atoms with Crippen molar-refractivity contribution < 1.29 is 5.11 Å². The molecule has 1 heterocycles. The van der Waals surface area contributed by atoms with E-state index in [1.807, 2.05) is 24.3 Å². The monoisotopic (exact) mass is 232 g/mol. The predicted molar refractivity (Wildman–Crippen MR) is 66.3 cm³/mol. The average Bonchev–Trinajstić information content (AvgIpc) is 2.27. The minimum absolute atomic E-state index is 0.291. The molecule has 2 rings (SSSR count). The number of phenols is 1. The van der Waals surface area contributed by atoms with Gasteiger partial charge in [0.1, 0.15) is 11.6 Å². The Morgan fingerprint density at radius 1 is 1.25 bits per heavy atom. The van der Waals surface area contributed by atoms with E-state index in [1.54, 1.807) is 30.1 Å². The van der Waals surface area contributed by atoms with E-state index in [0.29, 0.717) is 11.6 Å². The van der Waals surface area contributed by atoms with E-state index in [-0.39, 0.29) is 0 Å². The second kappa shape index (κ2) is 4.90. The van der Waals surface area contributed by atoms with Crippen LogP contribution in [0, 0.1) is 0 Å². The first-order chi connectivity index (χ1) is 7.74. The first-order valence-electron chi connectivity index (χ1n) is 4.86. The molecular weight excluding hydrogens is 220 g/mol. The number of aromatic nitrogens is 1. The summed E-state index contributed by atoms with van der Waals surface area (Å²) in [6, 6.07) is 11.0. The summed E-state index contributed by atoms with van der Waals surface area (Å²) in [5, 5.41) is 9.31. The van der Waals surface area contributed by atoms with Crippen molar-refractivity contribution in [2.45, 2.75) is 10.6 Å². The van der Waals surface area contributed by atoms with E-state index in [2.05, 4.69) is 4.98 Å². The van der Waals surface area contributed by atoms with Crippen molar-refractivity contribution in [3.63, 3.8) is 0 Å². The number of hydrogen-bond acceptors (Lipinski definition) is 4. The van der Waals surface area contributed by atoms with Crippen LogP contribution in [-0.2, 0) is 5.75 Å². The van der Waals surface area contributed by atoms with Crippen molar-refractivity contribution in [2.24, 2.45) is 0 Å². The summed E-state index contributed by atoms with van der Waals surface area (Å²) in [6.07, 6.45) is 1.70. The first kappa shape index (κ1) is 10.8. The van der Waals surface area contributed by atoms with E-state index >= 15 is 0 Å². The van der Waals surface area contributed by atoms with Crippen LogP contribution < -0.4 is 5.73 Å². The third-order valence-corrected chi connectivity index (χ3v) is 3.13. The molecule has 3 N–H and O–H groups in total. The zero-order valence-corrected chi connectivity index (χ0v) is 9.45. The number of nitrogens with two attached hydrogens (primary N) is 1. The molecule has 1 aromatic carbocycles. The second-order valence-corrected chi connectivity index (χ2v) is 4.42.